The molecule has 1 aliphatic rings. The molecule has 1 unspecified atom stereocenters. The van der Waals surface area contributed by atoms with E-state index in [1.807, 2.05) is 42.5 Å². The fraction of sp³-hybridized carbons (Fsp3) is 0.412. The predicted octanol–water partition coefficient (Wildman–Crippen LogP) is 6.94. The van der Waals surface area contributed by atoms with E-state index in [0.717, 1.165) is 43.1 Å². The molecule has 0 aromatic heterocycles. The van der Waals surface area contributed by atoms with Gasteiger partial charge in [0.2, 0.25) is 21.8 Å². The van der Waals surface area contributed by atoms with E-state index in [0.29, 0.717) is 27.7 Å². The molecule has 44 heavy (non-hydrogen) atoms. The number of nitrogens with zero attached hydrogens (tertiary/aromatic N) is 2. The fourth-order valence-electron chi connectivity index (χ4n) is 5.78. The van der Waals surface area contributed by atoms with Gasteiger partial charge in [-0.25, -0.2) is 8.42 Å². The molecule has 4 rings (SSSR count). The third kappa shape index (κ3) is 9.46. The van der Waals surface area contributed by atoms with Crippen LogP contribution in [0, 0.1) is 6.92 Å². The van der Waals surface area contributed by atoms with Gasteiger partial charge in [-0.05, 0) is 67.1 Å². The number of rotatable bonds is 13. The van der Waals surface area contributed by atoms with Crippen LogP contribution in [0.1, 0.15) is 61.6 Å². The number of hydrogen-bond donors (Lipinski definition) is 1. The smallest absolute Gasteiger partial charge is 0.243 e. The molecule has 1 fully saturated rings. The number of carbonyl (C=O) groups excluding carboxylic acids is 2. The fourth-order valence-corrected chi connectivity index (χ4v) is 7.18. The molecule has 0 heterocycles. The summed E-state index contributed by atoms with van der Waals surface area (Å²) in [5.41, 5.74) is 2.88. The van der Waals surface area contributed by atoms with Crippen LogP contribution in [0.25, 0.3) is 0 Å². The molecule has 1 saturated carbocycles. The molecular weight excluding hydrogens is 617 g/mol. The SMILES string of the molecule is Cc1c(Cl)cccc1N(CCCC(=O)N(Cc1cccc(Cl)c1)C(Cc1ccccc1)C(=O)NC1CCCCC1)S(C)(=O)=O. The van der Waals surface area contributed by atoms with Crippen molar-refractivity contribution in [2.24, 2.45) is 0 Å². The Hall–Kier alpha value is -3.07. The van der Waals surface area contributed by atoms with Crippen LogP contribution in [0.3, 0.4) is 0 Å². The zero-order chi connectivity index (χ0) is 31.7. The summed E-state index contributed by atoms with van der Waals surface area (Å²) in [5.74, 6) is -0.413. The first-order valence-electron chi connectivity index (χ1n) is 15.1. The van der Waals surface area contributed by atoms with Gasteiger partial charge >= 0.3 is 0 Å². The Morgan fingerprint density at radius 3 is 2.30 bits per heavy atom. The molecule has 1 aliphatic carbocycles. The first-order valence-corrected chi connectivity index (χ1v) is 17.7. The summed E-state index contributed by atoms with van der Waals surface area (Å²) in [4.78, 5) is 29.7. The molecule has 7 nitrogen and oxygen atoms in total. The number of nitrogens with one attached hydrogen (secondary N) is 1. The Labute approximate surface area is 271 Å². The minimum Gasteiger partial charge on any atom is -0.352 e. The standard InChI is InChI=1S/C34H41Cl2N3O4S/c1-25-30(36)18-10-19-31(25)39(44(2,42)43)21-11-20-33(40)38(24-27-14-9-15-28(35)22-27)32(23-26-12-5-3-6-13-26)34(41)37-29-16-7-4-8-17-29/h3,5-6,9-10,12-15,18-19,22,29,32H,4,7-8,11,16-17,20-21,23-24H2,1-2H3,(H,37,41). The van der Waals surface area contributed by atoms with E-state index in [2.05, 4.69) is 5.32 Å². The topological polar surface area (TPSA) is 86.8 Å². The van der Waals surface area contributed by atoms with Gasteiger partial charge in [0, 0.05) is 42.0 Å². The lowest BCUT2D eigenvalue weighted by Crippen LogP contribution is -2.52. The van der Waals surface area contributed by atoms with E-state index in [1.54, 1.807) is 42.2 Å². The maximum atomic E-state index is 14.1. The minimum absolute atomic E-state index is 0.0498. The van der Waals surface area contributed by atoms with Crippen molar-refractivity contribution in [1.29, 1.82) is 0 Å². The van der Waals surface area contributed by atoms with Crippen molar-refractivity contribution in [2.75, 3.05) is 17.1 Å². The Bertz CT molecular complexity index is 1530. The van der Waals surface area contributed by atoms with Gasteiger partial charge in [-0.1, -0.05) is 91.0 Å². The van der Waals surface area contributed by atoms with Gasteiger partial charge in [0.05, 0.1) is 11.9 Å². The van der Waals surface area contributed by atoms with Crippen molar-refractivity contribution in [2.45, 2.75) is 76.9 Å². The summed E-state index contributed by atoms with van der Waals surface area (Å²) in [6, 6.07) is 21.4. The molecular formula is C34H41Cl2N3O4S. The molecule has 10 heteroatoms. The first-order chi connectivity index (χ1) is 21.0. The van der Waals surface area contributed by atoms with Crippen LogP contribution in [0.15, 0.2) is 72.8 Å². The van der Waals surface area contributed by atoms with Crippen LogP contribution in [0.2, 0.25) is 10.0 Å². The van der Waals surface area contributed by atoms with Gasteiger partial charge in [0.1, 0.15) is 6.04 Å². The Morgan fingerprint density at radius 2 is 1.61 bits per heavy atom. The highest BCUT2D eigenvalue weighted by atomic mass is 35.5. The Balaban J connectivity index is 1.60. The molecule has 0 saturated heterocycles. The summed E-state index contributed by atoms with van der Waals surface area (Å²) in [6.45, 7) is 2.05. The van der Waals surface area contributed by atoms with Crippen LogP contribution in [0.4, 0.5) is 5.69 Å². The third-order valence-electron chi connectivity index (χ3n) is 8.12. The Kier molecular flexibility index (Phi) is 12.1. The van der Waals surface area contributed by atoms with Gasteiger partial charge in [-0.2, -0.15) is 0 Å². The van der Waals surface area contributed by atoms with E-state index >= 15 is 0 Å². The molecule has 0 bridgehead atoms. The molecule has 0 aliphatic heterocycles. The van der Waals surface area contributed by atoms with Gasteiger partial charge < -0.3 is 10.2 Å². The highest BCUT2D eigenvalue weighted by Gasteiger charge is 2.32. The normalized spacial score (nSPS) is 14.5. The Morgan fingerprint density at radius 1 is 0.932 bits per heavy atom. The second kappa shape index (κ2) is 15.8. The second-order valence-corrected chi connectivity index (χ2v) is 14.3. The van der Waals surface area contributed by atoms with E-state index in [4.69, 9.17) is 23.2 Å². The average molecular weight is 659 g/mol. The monoisotopic (exact) mass is 657 g/mol. The highest BCUT2D eigenvalue weighted by Crippen LogP contribution is 2.29. The van der Waals surface area contributed by atoms with Crippen LogP contribution >= 0.6 is 23.2 Å². The van der Waals surface area contributed by atoms with Crippen molar-refractivity contribution < 1.29 is 18.0 Å². The van der Waals surface area contributed by atoms with Crippen LogP contribution < -0.4 is 9.62 Å². The molecule has 2 amide bonds. The van der Waals surface area contributed by atoms with Crippen molar-refractivity contribution in [3.63, 3.8) is 0 Å². The molecule has 1 atom stereocenters. The van der Waals surface area contributed by atoms with Crippen LogP contribution in [0.5, 0.6) is 0 Å². The van der Waals surface area contributed by atoms with Gasteiger partial charge in [0.15, 0.2) is 0 Å². The van der Waals surface area contributed by atoms with Crippen molar-refractivity contribution >= 4 is 50.7 Å². The molecule has 3 aromatic rings. The van der Waals surface area contributed by atoms with Crippen molar-refractivity contribution in [3.05, 3.63) is 99.5 Å². The molecule has 236 valence electrons. The van der Waals surface area contributed by atoms with Crippen molar-refractivity contribution in [3.8, 4) is 0 Å². The number of amides is 2. The average Bonchev–Trinajstić information content (AvgIpc) is 2.99. The lowest BCUT2D eigenvalue weighted by molar-refractivity contribution is -0.141. The van der Waals surface area contributed by atoms with E-state index in [9.17, 15) is 18.0 Å². The van der Waals surface area contributed by atoms with Gasteiger partial charge in [-0.15, -0.1) is 0 Å². The van der Waals surface area contributed by atoms with Crippen LogP contribution in [-0.4, -0.2) is 50.0 Å². The largest absolute Gasteiger partial charge is 0.352 e. The molecule has 3 aromatic carbocycles. The highest BCUT2D eigenvalue weighted by molar-refractivity contribution is 7.92. The minimum atomic E-state index is -3.64. The number of benzene rings is 3. The van der Waals surface area contributed by atoms with E-state index in [1.165, 1.54) is 10.7 Å². The van der Waals surface area contributed by atoms with Crippen LogP contribution in [-0.2, 0) is 32.6 Å². The van der Waals surface area contributed by atoms with E-state index in [-0.39, 0.29) is 43.8 Å². The number of carbonyl (C=O) groups is 2. The maximum Gasteiger partial charge on any atom is 0.243 e. The number of hydrogen-bond acceptors (Lipinski definition) is 4. The molecule has 1 N–H and O–H groups in total. The third-order valence-corrected chi connectivity index (χ3v) is 9.95. The van der Waals surface area contributed by atoms with Gasteiger partial charge in [-0.3, -0.25) is 13.9 Å². The second-order valence-electron chi connectivity index (χ2n) is 11.5. The predicted molar refractivity (Wildman–Crippen MR) is 179 cm³/mol. The van der Waals surface area contributed by atoms with Gasteiger partial charge in [0.25, 0.3) is 0 Å². The zero-order valence-electron chi connectivity index (χ0n) is 25.3. The number of anilines is 1. The van der Waals surface area contributed by atoms with E-state index < -0.39 is 16.1 Å². The number of halogens is 2. The lowest BCUT2D eigenvalue weighted by atomic mass is 9.94. The summed E-state index contributed by atoms with van der Waals surface area (Å²) in [7, 11) is -3.64. The number of sulfonamides is 1. The first kappa shape index (κ1) is 33.8. The molecule has 0 radical (unpaired) electrons. The summed E-state index contributed by atoms with van der Waals surface area (Å²) < 4.78 is 26.9. The lowest BCUT2D eigenvalue weighted by Gasteiger charge is -2.34. The summed E-state index contributed by atoms with van der Waals surface area (Å²) in [5, 5.41) is 4.25. The van der Waals surface area contributed by atoms with Crippen molar-refractivity contribution in [1.82, 2.24) is 10.2 Å². The maximum absolute atomic E-state index is 14.1. The summed E-state index contributed by atoms with van der Waals surface area (Å²) in [6.07, 6.45) is 6.96. The zero-order valence-corrected chi connectivity index (χ0v) is 27.7. The molecule has 0 spiro atoms. The summed E-state index contributed by atoms with van der Waals surface area (Å²) >= 11 is 12.6. The quantitative estimate of drug-likeness (QED) is 0.216.